The van der Waals surface area contributed by atoms with E-state index in [-0.39, 0.29) is 29.4 Å². The van der Waals surface area contributed by atoms with Crippen LogP contribution in [0.25, 0.3) is 10.9 Å². The number of fused-ring (bicyclic) bond motifs is 1. The van der Waals surface area contributed by atoms with Crippen LogP contribution in [0.1, 0.15) is 16.7 Å². The Balaban J connectivity index is 2.05. The molecule has 3 aromatic rings. The number of nitrogens with zero attached hydrogens (tertiary/aromatic N) is 1. The van der Waals surface area contributed by atoms with Crippen LogP contribution in [-0.2, 0) is 13.0 Å². The minimum absolute atomic E-state index is 0.166. The van der Waals surface area contributed by atoms with E-state index < -0.39 is 0 Å². The lowest BCUT2D eigenvalue weighted by atomic mass is 10.0. The molecule has 0 aliphatic rings. The summed E-state index contributed by atoms with van der Waals surface area (Å²) in [6.45, 7) is -0.297. The third-order valence-electron chi connectivity index (χ3n) is 3.64. The zero-order valence-corrected chi connectivity index (χ0v) is 12.0. The van der Waals surface area contributed by atoms with Gasteiger partial charge in [0.25, 0.3) is 0 Å². The topological polar surface area (TPSA) is 82.8 Å². The summed E-state index contributed by atoms with van der Waals surface area (Å²) in [7, 11) is 0. The third kappa shape index (κ3) is 2.94. The highest BCUT2D eigenvalue weighted by atomic mass is 19.1. The van der Waals surface area contributed by atoms with Gasteiger partial charge in [0.15, 0.2) is 5.75 Å². The van der Waals surface area contributed by atoms with Crippen LogP contribution in [0.4, 0.5) is 4.39 Å². The molecule has 0 aliphatic heterocycles. The molecule has 3 N–H and O–H groups in total. The van der Waals surface area contributed by atoms with Crippen LogP contribution in [0.2, 0.25) is 0 Å². The highest BCUT2D eigenvalue weighted by molar-refractivity contribution is 5.90. The van der Waals surface area contributed by atoms with Gasteiger partial charge in [-0.15, -0.1) is 0 Å². The maximum Gasteiger partial charge on any atom is 0.209 e. The van der Waals surface area contributed by atoms with Gasteiger partial charge in [-0.25, -0.2) is 9.65 Å². The molecule has 3 rings (SSSR count). The fourth-order valence-electron chi connectivity index (χ4n) is 2.50. The molecule has 1 aromatic heterocycles. The van der Waals surface area contributed by atoms with E-state index in [4.69, 9.17) is 5.26 Å². The molecule has 0 saturated carbocycles. The van der Waals surface area contributed by atoms with E-state index >= 15 is 0 Å². The van der Waals surface area contributed by atoms with Crippen molar-refractivity contribution in [3.63, 3.8) is 0 Å². The van der Waals surface area contributed by atoms with Gasteiger partial charge in [-0.05, 0) is 47.4 Å². The molecule has 0 aliphatic carbocycles. The molecule has 0 amide bonds. The highest BCUT2D eigenvalue weighted by Crippen LogP contribution is 2.36. The number of phenols is 1. The molecular weight excluding hydrogens is 301 g/mol. The molecule has 5 nitrogen and oxygen atoms in total. The number of rotatable bonds is 4. The first-order valence-electron chi connectivity index (χ1n) is 6.92. The maximum absolute atomic E-state index is 12.9. The van der Waals surface area contributed by atoms with E-state index in [0.717, 1.165) is 11.1 Å². The average molecular weight is 315 g/mol. The molecule has 6 heteroatoms. The number of hydrogen-bond donors (Lipinski definition) is 3. The molecule has 0 atom stereocenters. The molecule has 1 heterocycles. The number of aromatic nitrogens is 1. The number of pyridine rings is 1. The van der Waals surface area contributed by atoms with E-state index in [1.165, 1.54) is 18.2 Å². The molecule has 0 radical (unpaired) electrons. The van der Waals surface area contributed by atoms with Crippen LogP contribution >= 0.6 is 0 Å². The maximum atomic E-state index is 12.9. The van der Waals surface area contributed by atoms with Gasteiger partial charge in [0.05, 0.1) is 6.61 Å². The van der Waals surface area contributed by atoms with E-state index in [9.17, 15) is 14.6 Å². The Hall–Kier alpha value is -2.70. The van der Waals surface area contributed by atoms with Crippen LogP contribution in [0.15, 0.2) is 42.6 Å². The van der Waals surface area contributed by atoms with Crippen LogP contribution < -0.4 is 4.89 Å². The summed E-state index contributed by atoms with van der Waals surface area (Å²) in [5, 5.41) is 28.8. The minimum atomic E-state index is -0.298. The van der Waals surface area contributed by atoms with Gasteiger partial charge >= 0.3 is 0 Å². The number of aromatic hydroxyl groups is 1. The quantitative estimate of drug-likeness (QED) is 0.509. The van der Waals surface area contributed by atoms with Gasteiger partial charge in [0, 0.05) is 11.6 Å². The number of hydrogen-bond acceptors (Lipinski definition) is 5. The van der Waals surface area contributed by atoms with Gasteiger partial charge in [0.1, 0.15) is 11.3 Å². The van der Waals surface area contributed by atoms with Gasteiger partial charge in [-0.3, -0.25) is 4.98 Å². The summed E-state index contributed by atoms with van der Waals surface area (Å²) in [4.78, 5) is 8.28. The Kier molecular flexibility index (Phi) is 4.10. The average Bonchev–Trinajstić information content (AvgIpc) is 2.57. The van der Waals surface area contributed by atoms with Crippen molar-refractivity contribution in [2.24, 2.45) is 0 Å². The highest BCUT2D eigenvalue weighted by Gasteiger charge is 2.14. The standard InChI is InChI=1S/C17H14FNO4/c18-13-3-1-10(2-4-13)5-11-6-14-12(9-20)7-15(23-22)17(21)16(14)19-8-11/h1-4,6-8,20-22H,5,9H2. The van der Waals surface area contributed by atoms with Crippen molar-refractivity contribution in [2.75, 3.05) is 0 Å². The van der Waals surface area contributed by atoms with Crippen LogP contribution in [0.5, 0.6) is 11.5 Å². The molecule has 0 fully saturated rings. The van der Waals surface area contributed by atoms with Crippen LogP contribution in [0.3, 0.4) is 0 Å². The second kappa shape index (κ2) is 6.20. The van der Waals surface area contributed by atoms with Crippen molar-refractivity contribution < 1.29 is 24.7 Å². The molecule has 0 saturated heterocycles. The lowest BCUT2D eigenvalue weighted by Crippen LogP contribution is -1.96. The fourth-order valence-corrected chi connectivity index (χ4v) is 2.50. The molecule has 2 aromatic carbocycles. The van der Waals surface area contributed by atoms with Crippen LogP contribution in [-0.4, -0.2) is 20.5 Å². The summed E-state index contributed by atoms with van der Waals surface area (Å²) in [5.41, 5.74) is 2.45. The Labute approximate surface area is 131 Å². The first kappa shape index (κ1) is 15.2. The zero-order chi connectivity index (χ0) is 16.4. The Morgan fingerprint density at radius 2 is 1.83 bits per heavy atom. The second-order valence-electron chi connectivity index (χ2n) is 5.17. The van der Waals surface area contributed by atoms with Gasteiger partial charge in [0.2, 0.25) is 5.75 Å². The number of halogens is 1. The van der Waals surface area contributed by atoms with E-state index in [1.54, 1.807) is 24.4 Å². The smallest absolute Gasteiger partial charge is 0.209 e. The van der Waals surface area contributed by atoms with Crippen molar-refractivity contribution in [3.05, 3.63) is 65.1 Å². The SMILES string of the molecule is OCc1cc(OO)c(O)c2ncc(Cc3ccc(F)cc3)cc12. The Morgan fingerprint density at radius 3 is 2.48 bits per heavy atom. The van der Waals surface area contributed by atoms with Gasteiger partial charge < -0.3 is 15.1 Å². The minimum Gasteiger partial charge on any atom is -0.503 e. The predicted molar refractivity (Wildman–Crippen MR) is 81.8 cm³/mol. The summed E-state index contributed by atoms with van der Waals surface area (Å²) < 4.78 is 12.9. The lowest BCUT2D eigenvalue weighted by Gasteiger charge is -2.10. The molecule has 0 bridgehead atoms. The van der Waals surface area contributed by atoms with Gasteiger partial charge in [-0.2, -0.15) is 0 Å². The summed E-state index contributed by atoms with van der Waals surface area (Å²) in [6, 6.07) is 9.29. The van der Waals surface area contributed by atoms with E-state index in [0.29, 0.717) is 17.4 Å². The molecule has 0 unspecified atom stereocenters. The number of benzene rings is 2. The van der Waals surface area contributed by atoms with Crippen molar-refractivity contribution in [3.8, 4) is 11.5 Å². The summed E-state index contributed by atoms with van der Waals surface area (Å²) >= 11 is 0. The van der Waals surface area contributed by atoms with Crippen molar-refractivity contribution >= 4 is 10.9 Å². The number of aliphatic hydroxyl groups excluding tert-OH is 1. The van der Waals surface area contributed by atoms with Crippen molar-refractivity contribution in [1.29, 1.82) is 0 Å². The van der Waals surface area contributed by atoms with Crippen LogP contribution in [0, 0.1) is 5.82 Å². The van der Waals surface area contributed by atoms with E-state index in [2.05, 4.69) is 9.87 Å². The monoisotopic (exact) mass is 315 g/mol. The normalized spacial score (nSPS) is 10.9. The lowest BCUT2D eigenvalue weighted by molar-refractivity contribution is -0.139. The summed E-state index contributed by atoms with van der Waals surface area (Å²) in [5.74, 6) is -0.761. The van der Waals surface area contributed by atoms with E-state index in [1.807, 2.05) is 0 Å². The zero-order valence-electron chi connectivity index (χ0n) is 12.0. The molecular formula is C17H14FNO4. The second-order valence-corrected chi connectivity index (χ2v) is 5.17. The van der Waals surface area contributed by atoms with Crippen molar-refractivity contribution in [1.82, 2.24) is 4.98 Å². The third-order valence-corrected chi connectivity index (χ3v) is 3.64. The molecule has 23 heavy (non-hydrogen) atoms. The van der Waals surface area contributed by atoms with Crippen molar-refractivity contribution in [2.45, 2.75) is 13.0 Å². The fraction of sp³-hybridized carbons (Fsp3) is 0.118. The summed E-state index contributed by atoms with van der Waals surface area (Å²) in [6.07, 6.45) is 2.11. The first-order chi connectivity index (χ1) is 11.1. The predicted octanol–water partition coefficient (Wildman–Crippen LogP) is 3.01. The molecule has 0 spiro atoms. The number of phenolic OH excluding ortho intramolecular Hbond substituents is 1. The Bertz CT molecular complexity index is 849. The first-order valence-corrected chi connectivity index (χ1v) is 6.92. The van der Waals surface area contributed by atoms with Gasteiger partial charge in [-0.1, -0.05) is 12.1 Å². The number of aliphatic hydroxyl groups is 1. The molecule has 118 valence electrons. The Morgan fingerprint density at radius 1 is 1.09 bits per heavy atom. The largest absolute Gasteiger partial charge is 0.503 e.